The lowest BCUT2D eigenvalue weighted by atomic mass is 9.93. The summed E-state index contributed by atoms with van der Waals surface area (Å²) in [6.45, 7) is 0. The molecule has 3 nitrogen and oxygen atoms in total. The van der Waals surface area contributed by atoms with Crippen LogP contribution in [0.3, 0.4) is 0 Å². The molecule has 3 aromatic rings. The van der Waals surface area contributed by atoms with Gasteiger partial charge in [-0.3, -0.25) is 0 Å². The largest absolute Gasteiger partial charge is 0.354 e. The van der Waals surface area contributed by atoms with Crippen LogP contribution in [0.1, 0.15) is 54.5 Å². The second-order valence-corrected chi connectivity index (χ2v) is 10.6. The van der Waals surface area contributed by atoms with Crippen LogP contribution in [0.15, 0.2) is 70.0 Å². The number of allylic oxidation sites excluding steroid dienone is 4. The Bertz CT molecular complexity index is 1590. The fraction of sp³-hybridized carbons (Fsp3) is 0.194. The van der Waals surface area contributed by atoms with Crippen LogP contribution in [0.2, 0.25) is 0 Å². The number of fused-ring (bicyclic) bond motifs is 3. The third kappa shape index (κ3) is 3.98. The molecule has 0 fully saturated rings. The minimum Gasteiger partial charge on any atom is -0.354 e. The van der Waals surface area contributed by atoms with Crippen molar-refractivity contribution < 1.29 is 0 Å². The van der Waals surface area contributed by atoms with E-state index in [1.54, 1.807) is 0 Å². The van der Waals surface area contributed by atoms with Gasteiger partial charge < -0.3 is 9.88 Å². The molecule has 172 valence electrons. The number of halogens is 1. The van der Waals surface area contributed by atoms with Gasteiger partial charge in [0.05, 0.1) is 16.9 Å². The van der Waals surface area contributed by atoms with E-state index in [2.05, 4.69) is 93.2 Å². The number of hydrogen-bond acceptors (Lipinski definition) is 2. The molecule has 1 aromatic heterocycles. The van der Waals surface area contributed by atoms with Crippen molar-refractivity contribution in [1.29, 1.82) is 5.26 Å². The Morgan fingerprint density at radius 1 is 0.914 bits per heavy atom. The molecular weight excluding hydrogens is 541 g/mol. The van der Waals surface area contributed by atoms with Gasteiger partial charge in [-0.25, -0.2) is 0 Å². The van der Waals surface area contributed by atoms with Crippen LogP contribution >= 0.6 is 22.6 Å². The number of aromatic nitrogens is 1. The summed E-state index contributed by atoms with van der Waals surface area (Å²) in [7, 11) is 0. The van der Waals surface area contributed by atoms with Crippen LogP contribution < -0.4 is 15.9 Å². The van der Waals surface area contributed by atoms with E-state index in [4.69, 9.17) is 0 Å². The number of nitrogens with one attached hydrogen (secondary N) is 1. The second-order valence-electron chi connectivity index (χ2n) is 9.20. The van der Waals surface area contributed by atoms with E-state index in [0.29, 0.717) is 5.56 Å². The Labute approximate surface area is 219 Å². The number of nitrogens with zero attached hydrogens (tertiary/aromatic N) is 2. The maximum absolute atomic E-state index is 9.64. The van der Waals surface area contributed by atoms with Crippen molar-refractivity contribution in [1.82, 2.24) is 4.57 Å². The predicted molar refractivity (Wildman–Crippen MR) is 154 cm³/mol. The summed E-state index contributed by atoms with van der Waals surface area (Å²) in [6.07, 6.45) is 18.0. The van der Waals surface area contributed by atoms with Crippen molar-refractivity contribution in [2.24, 2.45) is 0 Å². The van der Waals surface area contributed by atoms with Gasteiger partial charge in [0.1, 0.15) is 6.07 Å². The summed E-state index contributed by atoms with van der Waals surface area (Å²) in [4.78, 5) is 0. The average Bonchev–Trinajstić information content (AvgIpc) is 3.24. The highest BCUT2D eigenvalue weighted by atomic mass is 127. The molecule has 0 amide bonds. The molecule has 0 saturated carbocycles. The van der Waals surface area contributed by atoms with Crippen LogP contribution in [0.5, 0.6) is 0 Å². The van der Waals surface area contributed by atoms with Crippen LogP contribution in [0, 0.1) is 11.3 Å². The summed E-state index contributed by atoms with van der Waals surface area (Å²) < 4.78 is 3.85. The first-order chi connectivity index (χ1) is 17.2. The fourth-order valence-electron chi connectivity index (χ4n) is 5.52. The number of hydrogen-bond donors (Lipinski definition) is 1. The van der Waals surface area contributed by atoms with Crippen molar-refractivity contribution in [2.45, 2.75) is 38.5 Å². The van der Waals surface area contributed by atoms with Crippen molar-refractivity contribution in [3.8, 4) is 11.8 Å². The van der Waals surface area contributed by atoms with E-state index in [9.17, 15) is 5.26 Å². The van der Waals surface area contributed by atoms with E-state index in [-0.39, 0.29) is 0 Å². The highest BCUT2D eigenvalue weighted by Gasteiger charge is 2.22. The van der Waals surface area contributed by atoms with E-state index >= 15 is 0 Å². The molecule has 0 aliphatic heterocycles. The lowest BCUT2D eigenvalue weighted by Crippen LogP contribution is -2.31. The molecule has 0 radical (unpaired) electrons. The first-order valence-electron chi connectivity index (χ1n) is 12.3. The number of nitriles is 1. The maximum Gasteiger partial charge on any atom is 0.101 e. The molecule has 3 aliphatic rings. The van der Waals surface area contributed by atoms with E-state index in [1.165, 1.54) is 42.2 Å². The number of para-hydroxylation sites is 2. The monoisotopic (exact) mass is 567 g/mol. The molecule has 35 heavy (non-hydrogen) atoms. The molecule has 0 bridgehead atoms. The smallest absolute Gasteiger partial charge is 0.101 e. The molecule has 0 atom stereocenters. The summed E-state index contributed by atoms with van der Waals surface area (Å²) >= 11 is 2.44. The quantitative estimate of drug-likeness (QED) is 0.361. The highest BCUT2D eigenvalue weighted by Crippen LogP contribution is 2.37. The summed E-state index contributed by atoms with van der Waals surface area (Å²) in [5, 5.41) is 16.0. The SMILES string of the molecule is N#Cc1ccccc1NC1=C(c2ccccc2-n2c3c(c4c2=CCCC=4)C=CCC3)CCC(I)=C1. The summed E-state index contributed by atoms with van der Waals surface area (Å²) in [5.41, 5.74) is 9.23. The Hall–Kier alpha value is -3.30. The molecule has 0 saturated heterocycles. The Balaban J connectivity index is 1.57. The first-order valence-corrected chi connectivity index (χ1v) is 13.4. The van der Waals surface area contributed by atoms with E-state index in [0.717, 1.165) is 49.9 Å². The van der Waals surface area contributed by atoms with Gasteiger partial charge >= 0.3 is 0 Å². The molecule has 0 spiro atoms. The Morgan fingerprint density at radius 2 is 1.74 bits per heavy atom. The molecule has 6 rings (SSSR count). The lowest BCUT2D eigenvalue weighted by molar-refractivity contribution is 0.854. The third-order valence-electron chi connectivity index (χ3n) is 7.10. The zero-order chi connectivity index (χ0) is 23.8. The molecule has 2 aromatic carbocycles. The van der Waals surface area contributed by atoms with Crippen LogP contribution in [-0.4, -0.2) is 4.57 Å². The Morgan fingerprint density at radius 3 is 2.66 bits per heavy atom. The summed E-state index contributed by atoms with van der Waals surface area (Å²) in [6, 6.07) is 18.9. The number of anilines is 1. The molecule has 4 heteroatoms. The van der Waals surface area contributed by atoms with Crippen molar-refractivity contribution >= 4 is 52.1 Å². The molecule has 3 aliphatic carbocycles. The Kier molecular flexibility index (Phi) is 5.95. The van der Waals surface area contributed by atoms with Gasteiger partial charge in [-0.2, -0.15) is 5.26 Å². The summed E-state index contributed by atoms with van der Waals surface area (Å²) in [5.74, 6) is 0. The zero-order valence-electron chi connectivity index (χ0n) is 19.5. The average molecular weight is 567 g/mol. The highest BCUT2D eigenvalue weighted by molar-refractivity contribution is 14.1. The van der Waals surface area contributed by atoms with Gasteiger partial charge in [-0.05, 0) is 94.5 Å². The van der Waals surface area contributed by atoms with E-state index < -0.39 is 0 Å². The minimum atomic E-state index is 0.659. The first kappa shape index (κ1) is 22.2. The van der Waals surface area contributed by atoms with Gasteiger partial charge in [-0.15, -0.1) is 0 Å². The van der Waals surface area contributed by atoms with Gasteiger partial charge in [0.25, 0.3) is 0 Å². The molecule has 1 N–H and O–H groups in total. The van der Waals surface area contributed by atoms with Crippen LogP contribution in [-0.2, 0) is 6.42 Å². The number of rotatable bonds is 4. The van der Waals surface area contributed by atoms with Crippen molar-refractivity contribution in [3.05, 3.63) is 103 Å². The van der Waals surface area contributed by atoms with Crippen molar-refractivity contribution in [3.63, 3.8) is 0 Å². The topological polar surface area (TPSA) is 40.8 Å². The van der Waals surface area contributed by atoms with Crippen molar-refractivity contribution in [2.75, 3.05) is 5.32 Å². The van der Waals surface area contributed by atoms with Crippen LogP contribution in [0.4, 0.5) is 5.69 Å². The normalized spacial score (nSPS) is 16.4. The molecule has 1 heterocycles. The van der Waals surface area contributed by atoms with Crippen LogP contribution in [0.25, 0.3) is 29.5 Å². The van der Waals surface area contributed by atoms with Gasteiger partial charge in [0.15, 0.2) is 0 Å². The van der Waals surface area contributed by atoms with Gasteiger partial charge in [0.2, 0.25) is 0 Å². The van der Waals surface area contributed by atoms with E-state index in [1.807, 2.05) is 24.3 Å². The predicted octanol–water partition coefficient (Wildman–Crippen LogP) is 6.60. The minimum absolute atomic E-state index is 0.659. The standard InChI is InChI=1S/C31H26IN3/c32-22-17-18-23(28(19-22)34-27-13-5-1-9-21(27)20-33)24-10-2-6-14-29(24)35-30-15-7-3-11-25(30)26-12-4-8-16-31(26)35/h1-3,5-6,9-14,16,19,34H,4,7-8,15,17-18H2. The third-order valence-corrected chi connectivity index (χ3v) is 7.95. The number of benzene rings is 2. The van der Waals surface area contributed by atoms with Gasteiger partial charge in [0, 0.05) is 33.1 Å². The molecule has 0 unspecified atom stereocenters. The molecular formula is C31H26IN3. The lowest BCUT2D eigenvalue weighted by Gasteiger charge is -2.24. The maximum atomic E-state index is 9.64. The zero-order valence-corrected chi connectivity index (χ0v) is 21.7. The van der Waals surface area contributed by atoms with Gasteiger partial charge in [-0.1, -0.05) is 54.6 Å². The fourth-order valence-corrected chi connectivity index (χ4v) is 6.10. The second kappa shape index (κ2) is 9.39.